The van der Waals surface area contributed by atoms with Crippen LogP contribution in [0.4, 0.5) is 0 Å². The van der Waals surface area contributed by atoms with Gasteiger partial charge in [0.2, 0.25) is 0 Å². The Morgan fingerprint density at radius 2 is 0.705 bits per heavy atom. The molecule has 0 aromatic carbocycles. The largest absolute Gasteiger partial charge is 0.478 e. The molecule has 0 amide bonds. The van der Waals surface area contributed by atoms with Crippen LogP contribution in [0.25, 0.3) is 0 Å². The minimum absolute atomic E-state index is 0. The van der Waals surface area contributed by atoms with Crippen LogP contribution in [0.2, 0.25) is 0 Å². The second-order valence-electron chi connectivity index (χ2n) is 12.8. The molecule has 0 saturated carbocycles. The highest BCUT2D eigenvalue weighted by Gasteiger charge is 2.03. The Labute approximate surface area is 275 Å². The molecule has 0 unspecified atom stereocenters. The van der Waals surface area contributed by atoms with Crippen molar-refractivity contribution in [3.63, 3.8) is 0 Å². The molecule has 0 aromatic rings. The molecule has 4 N–H and O–H groups in total. The van der Waals surface area contributed by atoms with Gasteiger partial charge in [0.15, 0.2) is 0 Å². The van der Waals surface area contributed by atoms with Crippen LogP contribution in [0.3, 0.4) is 0 Å². The Morgan fingerprint density at radius 1 is 0.477 bits per heavy atom. The van der Waals surface area contributed by atoms with E-state index in [4.69, 9.17) is 9.84 Å². The van der Waals surface area contributed by atoms with Crippen molar-refractivity contribution in [2.45, 2.75) is 219 Å². The lowest BCUT2D eigenvalue weighted by Crippen LogP contribution is -2.05. The maximum absolute atomic E-state index is 11.9. The SMILES string of the molecule is C=CC(=O)O.CCCCCCCCCCCCCCCCCCOC(=O)CCCCCCCCCCCCCCCCC.N. The van der Waals surface area contributed by atoms with Gasteiger partial charge in [0, 0.05) is 12.5 Å². The van der Waals surface area contributed by atoms with Gasteiger partial charge < -0.3 is 16.0 Å². The van der Waals surface area contributed by atoms with Gasteiger partial charge in [-0.05, 0) is 12.8 Å². The van der Waals surface area contributed by atoms with Crippen molar-refractivity contribution in [2.24, 2.45) is 0 Å². The molecule has 0 aliphatic rings. The van der Waals surface area contributed by atoms with E-state index >= 15 is 0 Å². The zero-order valence-electron chi connectivity index (χ0n) is 30.0. The summed E-state index contributed by atoms with van der Waals surface area (Å²) in [6, 6.07) is 0. The molecule has 0 aliphatic heterocycles. The van der Waals surface area contributed by atoms with Crippen LogP contribution in [0.1, 0.15) is 219 Å². The molecule has 264 valence electrons. The molecule has 5 nitrogen and oxygen atoms in total. The van der Waals surface area contributed by atoms with Crippen molar-refractivity contribution in [3.05, 3.63) is 12.7 Å². The molecule has 0 bridgehead atoms. The number of carbonyl (C=O) groups is 2. The van der Waals surface area contributed by atoms with Gasteiger partial charge in [-0.3, -0.25) is 4.79 Å². The quantitative estimate of drug-likeness (QED) is 0.0421. The number of unbranched alkanes of at least 4 members (excludes halogenated alkanes) is 29. The highest BCUT2D eigenvalue weighted by molar-refractivity contribution is 5.78. The first-order chi connectivity index (χ1) is 21.1. The molecule has 0 aliphatic carbocycles. The van der Waals surface area contributed by atoms with Crippen molar-refractivity contribution in [1.29, 1.82) is 0 Å². The average Bonchev–Trinajstić information content (AvgIpc) is 3.00. The van der Waals surface area contributed by atoms with Crippen LogP contribution in [0.5, 0.6) is 0 Å². The summed E-state index contributed by atoms with van der Waals surface area (Å²) in [5.74, 6) is -0.953. The van der Waals surface area contributed by atoms with Gasteiger partial charge in [-0.1, -0.05) is 207 Å². The maximum atomic E-state index is 11.9. The number of carboxylic acids is 1. The van der Waals surface area contributed by atoms with Crippen molar-refractivity contribution in [2.75, 3.05) is 6.61 Å². The fourth-order valence-electron chi connectivity index (χ4n) is 5.55. The first kappa shape index (κ1) is 47.1. The van der Waals surface area contributed by atoms with Crippen LogP contribution >= 0.6 is 0 Å². The lowest BCUT2D eigenvalue weighted by atomic mass is 10.0. The van der Waals surface area contributed by atoms with Crippen molar-refractivity contribution >= 4 is 11.9 Å². The first-order valence-electron chi connectivity index (χ1n) is 19.1. The van der Waals surface area contributed by atoms with E-state index in [1.807, 2.05) is 0 Å². The second kappa shape index (κ2) is 43.8. The summed E-state index contributed by atoms with van der Waals surface area (Å²) < 4.78 is 5.44. The molecule has 44 heavy (non-hydrogen) atoms. The van der Waals surface area contributed by atoms with E-state index in [9.17, 15) is 9.59 Å². The molecule has 0 saturated heterocycles. The molecule has 0 aromatic heterocycles. The van der Waals surface area contributed by atoms with Crippen LogP contribution in [-0.4, -0.2) is 23.7 Å². The van der Waals surface area contributed by atoms with Gasteiger partial charge in [0.05, 0.1) is 6.61 Å². The summed E-state index contributed by atoms with van der Waals surface area (Å²) in [6.45, 7) is 8.18. The number of carbonyl (C=O) groups excluding carboxylic acids is 1. The van der Waals surface area contributed by atoms with Crippen molar-refractivity contribution < 1.29 is 19.4 Å². The highest BCUT2D eigenvalue weighted by atomic mass is 16.5. The normalized spacial score (nSPS) is 10.5. The Morgan fingerprint density at radius 3 is 0.955 bits per heavy atom. The topological polar surface area (TPSA) is 98.6 Å². The summed E-state index contributed by atoms with van der Waals surface area (Å²) in [4.78, 5) is 21.2. The van der Waals surface area contributed by atoms with Gasteiger partial charge in [-0.25, -0.2) is 4.79 Å². The lowest BCUT2D eigenvalue weighted by molar-refractivity contribution is -0.144. The summed E-state index contributed by atoms with van der Waals surface area (Å²) in [6.07, 6.45) is 43.9. The van der Waals surface area contributed by atoms with Gasteiger partial charge in [0.25, 0.3) is 0 Å². The molecular formula is C39H79NO4. The highest BCUT2D eigenvalue weighted by Crippen LogP contribution is 2.15. The Kier molecular flexibility index (Phi) is 46.8. The number of rotatable bonds is 34. The third-order valence-electron chi connectivity index (χ3n) is 8.42. The zero-order valence-corrected chi connectivity index (χ0v) is 30.0. The van der Waals surface area contributed by atoms with Crippen LogP contribution < -0.4 is 6.15 Å². The Hall–Kier alpha value is -1.36. The monoisotopic (exact) mass is 626 g/mol. The summed E-state index contributed by atoms with van der Waals surface area (Å²) >= 11 is 0. The predicted molar refractivity (Wildman–Crippen MR) is 193 cm³/mol. The minimum atomic E-state index is -0.981. The molecule has 5 heteroatoms. The Bertz CT molecular complexity index is 566. The molecule has 0 rings (SSSR count). The molecule has 0 radical (unpaired) electrons. The lowest BCUT2D eigenvalue weighted by Gasteiger charge is -2.06. The van der Waals surface area contributed by atoms with Crippen LogP contribution in [0, 0.1) is 0 Å². The van der Waals surface area contributed by atoms with Crippen molar-refractivity contribution in [3.8, 4) is 0 Å². The van der Waals surface area contributed by atoms with Crippen LogP contribution in [0.15, 0.2) is 12.7 Å². The van der Waals surface area contributed by atoms with E-state index in [-0.39, 0.29) is 12.1 Å². The van der Waals surface area contributed by atoms with Gasteiger partial charge >= 0.3 is 11.9 Å². The third-order valence-corrected chi connectivity index (χ3v) is 8.42. The first-order valence-corrected chi connectivity index (χ1v) is 19.1. The van der Waals surface area contributed by atoms with E-state index in [2.05, 4.69) is 20.4 Å². The molecule has 0 fully saturated rings. The van der Waals surface area contributed by atoms with E-state index < -0.39 is 5.97 Å². The zero-order chi connectivity index (χ0) is 31.9. The molecule has 0 heterocycles. The third kappa shape index (κ3) is 47.6. The van der Waals surface area contributed by atoms with Gasteiger partial charge in [-0.2, -0.15) is 0 Å². The van der Waals surface area contributed by atoms with E-state index in [1.165, 1.54) is 186 Å². The van der Waals surface area contributed by atoms with Gasteiger partial charge in [-0.15, -0.1) is 0 Å². The number of ether oxygens (including phenoxy) is 1. The van der Waals surface area contributed by atoms with Gasteiger partial charge in [0.1, 0.15) is 0 Å². The summed E-state index contributed by atoms with van der Waals surface area (Å²) in [5.41, 5.74) is 0. The van der Waals surface area contributed by atoms with Crippen LogP contribution in [-0.2, 0) is 14.3 Å². The summed E-state index contributed by atoms with van der Waals surface area (Å²) in [7, 11) is 0. The number of aliphatic carboxylic acids is 1. The van der Waals surface area contributed by atoms with E-state index in [1.54, 1.807) is 0 Å². The second-order valence-corrected chi connectivity index (χ2v) is 12.8. The number of carboxylic acid groups (broad SMARTS) is 1. The standard InChI is InChI=1S/C36H72O2.C3H4O2.H3N/c1-3-5-7-9-11-13-15-17-19-21-23-25-27-29-31-33-35-38-36(37)34-32-30-28-26-24-22-20-18-16-14-12-10-8-6-4-2;1-2-3(4)5;/h3-35H2,1-2H3;2H,1H2,(H,4,5);1H3. The average molecular weight is 626 g/mol. The minimum Gasteiger partial charge on any atom is -0.478 e. The number of esters is 1. The number of hydrogen-bond acceptors (Lipinski definition) is 4. The Balaban J connectivity index is -0.00000257. The molecular weight excluding hydrogens is 546 g/mol. The summed E-state index contributed by atoms with van der Waals surface area (Å²) in [5, 5.41) is 7.60. The molecule has 0 spiro atoms. The van der Waals surface area contributed by atoms with E-state index in [0.717, 1.165) is 18.9 Å². The number of hydrogen-bond donors (Lipinski definition) is 2. The smallest absolute Gasteiger partial charge is 0.327 e. The van der Waals surface area contributed by atoms with E-state index in [0.29, 0.717) is 13.0 Å². The molecule has 0 atom stereocenters. The fraction of sp³-hybridized carbons (Fsp3) is 0.897. The fourth-order valence-corrected chi connectivity index (χ4v) is 5.55. The maximum Gasteiger partial charge on any atom is 0.327 e. The predicted octanol–water partition coefficient (Wildman–Crippen LogP) is 13.5. The van der Waals surface area contributed by atoms with Crippen molar-refractivity contribution in [1.82, 2.24) is 6.15 Å².